The Labute approximate surface area is 104 Å². The van der Waals surface area contributed by atoms with Crippen molar-refractivity contribution in [1.29, 1.82) is 0 Å². The Morgan fingerprint density at radius 3 is 2.89 bits per heavy atom. The van der Waals surface area contributed by atoms with Crippen LogP contribution in [0.5, 0.6) is 0 Å². The molecule has 0 aliphatic rings. The molecule has 0 aliphatic carbocycles. The fourth-order valence-corrected chi connectivity index (χ4v) is 1.78. The minimum absolute atomic E-state index is 0.135. The van der Waals surface area contributed by atoms with E-state index in [4.69, 9.17) is 10.5 Å². The van der Waals surface area contributed by atoms with Crippen molar-refractivity contribution in [3.8, 4) is 0 Å². The van der Waals surface area contributed by atoms with Crippen LogP contribution in [0.3, 0.4) is 0 Å². The first-order valence-corrected chi connectivity index (χ1v) is 5.79. The van der Waals surface area contributed by atoms with Crippen molar-refractivity contribution in [3.05, 3.63) is 46.6 Å². The predicted molar refractivity (Wildman–Crippen MR) is 68.0 cm³/mol. The van der Waals surface area contributed by atoms with E-state index in [0.29, 0.717) is 37.1 Å². The van der Waals surface area contributed by atoms with Crippen LogP contribution in [0.15, 0.2) is 35.3 Å². The molecule has 0 aliphatic heterocycles. The van der Waals surface area contributed by atoms with Gasteiger partial charge in [-0.15, -0.1) is 0 Å². The molecule has 0 saturated heterocycles. The van der Waals surface area contributed by atoms with Gasteiger partial charge in [-0.1, -0.05) is 0 Å². The van der Waals surface area contributed by atoms with Crippen LogP contribution in [0.2, 0.25) is 0 Å². The van der Waals surface area contributed by atoms with Gasteiger partial charge in [-0.2, -0.15) is 0 Å². The summed E-state index contributed by atoms with van der Waals surface area (Å²) in [4.78, 5) is 12.1. The molecule has 2 rings (SSSR count). The molecule has 0 unspecified atom stereocenters. The lowest BCUT2D eigenvalue weighted by atomic mass is 10.2. The summed E-state index contributed by atoms with van der Waals surface area (Å²) < 4.78 is 19.8. The van der Waals surface area contributed by atoms with Crippen molar-refractivity contribution in [2.75, 3.05) is 19.8 Å². The Balaban J connectivity index is 2.23. The van der Waals surface area contributed by atoms with Gasteiger partial charge in [-0.25, -0.2) is 4.39 Å². The average Bonchev–Trinajstić information content (AvgIpc) is 2.37. The Kier molecular flexibility index (Phi) is 4.07. The number of hydrogen-bond acceptors (Lipinski definition) is 3. The summed E-state index contributed by atoms with van der Waals surface area (Å²) >= 11 is 0. The highest BCUT2D eigenvalue weighted by atomic mass is 19.1. The van der Waals surface area contributed by atoms with E-state index in [-0.39, 0.29) is 11.4 Å². The van der Waals surface area contributed by atoms with Gasteiger partial charge in [-0.05, 0) is 29.7 Å². The summed E-state index contributed by atoms with van der Waals surface area (Å²) in [5.74, 6) is -0.342. The second-order valence-corrected chi connectivity index (χ2v) is 3.95. The van der Waals surface area contributed by atoms with Crippen molar-refractivity contribution >= 4 is 10.8 Å². The van der Waals surface area contributed by atoms with Crippen molar-refractivity contribution in [2.24, 2.45) is 5.73 Å². The molecule has 0 saturated carbocycles. The lowest BCUT2D eigenvalue weighted by Gasteiger charge is -2.07. The summed E-state index contributed by atoms with van der Waals surface area (Å²) in [6.07, 6.45) is 1.65. The fourth-order valence-electron chi connectivity index (χ4n) is 1.78. The van der Waals surface area contributed by atoms with Crippen molar-refractivity contribution in [1.82, 2.24) is 4.57 Å². The number of hydrogen-bond donors (Lipinski definition) is 1. The Bertz CT molecular complexity index is 595. The molecule has 5 heteroatoms. The largest absolute Gasteiger partial charge is 0.378 e. The smallest absolute Gasteiger partial charge is 0.258 e. The van der Waals surface area contributed by atoms with Gasteiger partial charge in [0.1, 0.15) is 5.82 Å². The minimum atomic E-state index is -0.342. The summed E-state index contributed by atoms with van der Waals surface area (Å²) in [5.41, 5.74) is 5.16. The van der Waals surface area contributed by atoms with Crippen LogP contribution in [-0.2, 0) is 11.3 Å². The van der Waals surface area contributed by atoms with Gasteiger partial charge < -0.3 is 15.0 Å². The van der Waals surface area contributed by atoms with Gasteiger partial charge in [0.05, 0.1) is 13.2 Å². The van der Waals surface area contributed by atoms with Crippen LogP contribution in [0, 0.1) is 5.82 Å². The molecule has 0 fully saturated rings. The highest BCUT2D eigenvalue weighted by Crippen LogP contribution is 2.11. The number of ether oxygens (including phenoxy) is 1. The number of rotatable bonds is 5. The summed E-state index contributed by atoms with van der Waals surface area (Å²) in [6, 6.07) is 5.87. The first-order chi connectivity index (χ1) is 8.72. The standard InChI is InChI=1S/C13H15FN2O2/c14-11-1-2-12-10(9-11)3-5-16(13(12)17)6-8-18-7-4-15/h1-3,5,9H,4,6-8,15H2. The summed E-state index contributed by atoms with van der Waals surface area (Å²) in [7, 11) is 0. The van der Waals surface area contributed by atoms with E-state index < -0.39 is 0 Å². The lowest BCUT2D eigenvalue weighted by Crippen LogP contribution is -2.22. The van der Waals surface area contributed by atoms with Gasteiger partial charge in [0.2, 0.25) is 0 Å². The van der Waals surface area contributed by atoms with Gasteiger partial charge in [0.15, 0.2) is 0 Å². The highest BCUT2D eigenvalue weighted by Gasteiger charge is 2.03. The first-order valence-electron chi connectivity index (χ1n) is 5.79. The molecule has 1 aromatic carbocycles. The quantitative estimate of drug-likeness (QED) is 0.809. The van der Waals surface area contributed by atoms with Gasteiger partial charge in [0, 0.05) is 24.7 Å². The predicted octanol–water partition coefficient (Wildman–Crippen LogP) is 1.12. The lowest BCUT2D eigenvalue weighted by molar-refractivity contribution is 0.132. The maximum atomic E-state index is 13.0. The number of pyridine rings is 1. The normalized spacial score (nSPS) is 11.0. The number of halogens is 1. The SMILES string of the molecule is NCCOCCn1ccc2cc(F)ccc2c1=O. The maximum Gasteiger partial charge on any atom is 0.258 e. The molecular weight excluding hydrogens is 235 g/mol. The van der Waals surface area contributed by atoms with Crippen molar-refractivity contribution in [2.45, 2.75) is 6.54 Å². The Morgan fingerprint density at radius 1 is 1.28 bits per heavy atom. The third-order valence-electron chi connectivity index (χ3n) is 2.68. The molecule has 1 heterocycles. The van der Waals surface area contributed by atoms with E-state index in [9.17, 15) is 9.18 Å². The number of fused-ring (bicyclic) bond motifs is 1. The van der Waals surface area contributed by atoms with Gasteiger partial charge in [0.25, 0.3) is 5.56 Å². The van der Waals surface area contributed by atoms with E-state index in [0.717, 1.165) is 0 Å². The third-order valence-corrected chi connectivity index (χ3v) is 2.68. The molecule has 2 aromatic rings. The van der Waals surface area contributed by atoms with Crippen molar-refractivity contribution < 1.29 is 9.13 Å². The zero-order chi connectivity index (χ0) is 13.0. The molecule has 1 aromatic heterocycles. The number of aromatic nitrogens is 1. The van der Waals surface area contributed by atoms with E-state index >= 15 is 0 Å². The minimum Gasteiger partial charge on any atom is -0.378 e. The van der Waals surface area contributed by atoms with Crippen LogP contribution in [0.25, 0.3) is 10.8 Å². The highest BCUT2D eigenvalue weighted by molar-refractivity contribution is 5.81. The summed E-state index contributed by atoms with van der Waals surface area (Å²) in [5, 5.41) is 1.12. The monoisotopic (exact) mass is 250 g/mol. The zero-order valence-electron chi connectivity index (χ0n) is 9.93. The Morgan fingerprint density at radius 2 is 2.11 bits per heavy atom. The van der Waals surface area contributed by atoms with Crippen LogP contribution in [0.1, 0.15) is 0 Å². The molecule has 0 amide bonds. The fraction of sp³-hybridized carbons (Fsp3) is 0.308. The third kappa shape index (κ3) is 2.75. The second kappa shape index (κ2) is 5.75. The molecule has 18 heavy (non-hydrogen) atoms. The van der Waals surface area contributed by atoms with E-state index in [1.54, 1.807) is 16.8 Å². The molecule has 0 radical (unpaired) electrons. The van der Waals surface area contributed by atoms with Crippen molar-refractivity contribution in [3.63, 3.8) is 0 Å². The number of nitrogens with zero attached hydrogens (tertiary/aromatic N) is 1. The van der Waals surface area contributed by atoms with Crippen LogP contribution >= 0.6 is 0 Å². The molecule has 0 spiro atoms. The molecular formula is C13H15FN2O2. The van der Waals surface area contributed by atoms with Crippen LogP contribution in [0.4, 0.5) is 4.39 Å². The molecule has 0 atom stereocenters. The van der Waals surface area contributed by atoms with Crippen LogP contribution < -0.4 is 11.3 Å². The molecule has 96 valence electrons. The van der Waals surface area contributed by atoms with E-state index in [2.05, 4.69) is 0 Å². The zero-order valence-corrected chi connectivity index (χ0v) is 9.93. The topological polar surface area (TPSA) is 57.2 Å². The molecule has 0 bridgehead atoms. The van der Waals surface area contributed by atoms with Gasteiger partial charge in [-0.3, -0.25) is 4.79 Å². The number of nitrogens with two attached hydrogens (primary N) is 1. The first kappa shape index (κ1) is 12.7. The Hall–Kier alpha value is -1.72. The van der Waals surface area contributed by atoms with Gasteiger partial charge >= 0.3 is 0 Å². The van der Waals surface area contributed by atoms with Crippen LogP contribution in [-0.4, -0.2) is 24.3 Å². The van der Waals surface area contributed by atoms with E-state index in [1.165, 1.54) is 18.2 Å². The van der Waals surface area contributed by atoms with E-state index in [1.807, 2.05) is 0 Å². The second-order valence-electron chi connectivity index (χ2n) is 3.95. The maximum absolute atomic E-state index is 13.0. The molecule has 4 nitrogen and oxygen atoms in total. The number of benzene rings is 1. The molecule has 2 N–H and O–H groups in total. The average molecular weight is 250 g/mol. The summed E-state index contributed by atoms with van der Waals surface area (Å²) in [6.45, 7) is 1.84.